The van der Waals surface area contributed by atoms with Crippen molar-refractivity contribution in [2.45, 2.75) is 24.3 Å². The summed E-state index contributed by atoms with van der Waals surface area (Å²) in [6, 6.07) is 8.52. The molecule has 0 atom stereocenters. The van der Waals surface area contributed by atoms with E-state index in [0.29, 0.717) is 27.7 Å². The van der Waals surface area contributed by atoms with Crippen molar-refractivity contribution in [2.75, 3.05) is 13.7 Å². The smallest absolute Gasteiger partial charge is 0.374 e. The summed E-state index contributed by atoms with van der Waals surface area (Å²) in [4.78, 5) is 42.4. The summed E-state index contributed by atoms with van der Waals surface area (Å²) >= 11 is 1.22. The highest BCUT2D eigenvalue weighted by Gasteiger charge is 2.22. The Morgan fingerprint density at radius 2 is 2.07 bits per heavy atom. The van der Waals surface area contributed by atoms with Gasteiger partial charge in [-0.15, -0.1) is 0 Å². The second kappa shape index (κ2) is 8.75. The molecule has 28 heavy (non-hydrogen) atoms. The maximum absolute atomic E-state index is 12.3. The van der Waals surface area contributed by atoms with Crippen molar-refractivity contribution in [1.82, 2.24) is 9.97 Å². The summed E-state index contributed by atoms with van der Waals surface area (Å²) in [6.07, 6.45) is -0.100. The number of esters is 2. The molecule has 0 aliphatic rings. The van der Waals surface area contributed by atoms with Gasteiger partial charge in [-0.05, 0) is 13.0 Å². The number of ether oxygens (including phenoxy) is 2. The van der Waals surface area contributed by atoms with Gasteiger partial charge in [-0.1, -0.05) is 30.0 Å². The van der Waals surface area contributed by atoms with Gasteiger partial charge in [0, 0.05) is 22.8 Å². The number of nitrogens with one attached hydrogen (secondary N) is 1. The Kier molecular flexibility index (Phi) is 6.15. The Morgan fingerprint density at radius 3 is 2.82 bits per heavy atom. The van der Waals surface area contributed by atoms with E-state index in [1.807, 2.05) is 18.2 Å². The Morgan fingerprint density at radius 1 is 1.29 bits per heavy atom. The lowest BCUT2D eigenvalue weighted by atomic mass is 10.1. The van der Waals surface area contributed by atoms with Crippen molar-refractivity contribution in [3.8, 4) is 0 Å². The van der Waals surface area contributed by atoms with Gasteiger partial charge in [0.15, 0.2) is 5.16 Å². The molecule has 2 heterocycles. The van der Waals surface area contributed by atoms with Crippen molar-refractivity contribution in [3.05, 3.63) is 57.7 Å². The molecular formula is C19H18N2O6S. The molecule has 9 heteroatoms. The van der Waals surface area contributed by atoms with E-state index >= 15 is 0 Å². The maximum atomic E-state index is 12.3. The van der Waals surface area contributed by atoms with Gasteiger partial charge in [0.2, 0.25) is 5.76 Å². The van der Waals surface area contributed by atoms with Gasteiger partial charge in [0.25, 0.3) is 5.56 Å². The molecule has 3 rings (SSSR count). The normalized spacial score (nSPS) is 10.8. The number of furan rings is 1. The van der Waals surface area contributed by atoms with E-state index in [2.05, 4.69) is 14.7 Å². The molecule has 0 saturated carbocycles. The van der Waals surface area contributed by atoms with E-state index < -0.39 is 11.9 Å². The predicted molar refractivity (Wildman–Crippen MR) is 102 cm³/mol. The van der Waals surface area contributed by atoms with Gasteiger partial charge in [-0.25, -0.2) is 9.78 Å². The first-order valence-corrected chi connectivity index (χ1v) is 9.47. The second-order valence-corrected chi connectivity index (χ2v) is 6.67. The predicted octanol–water partition coefficient (Wildman–Crippen LogP) is 2.70. The highest BCUT2D eigenvalue weighted by Crippen LogP contribution is 2.31. The number of para-hydroxylation sites is 1. The summed E-state index contributed by atoms with van der Waals surface area (Å²) in [7, 11) is 1.27. The lowest BCUT2D eigenvalue weighted by molar-refractivity contribution is -0.139. The molecule has 0 amide bonds. The quantitative estimate of drug-likeness (QED) is 0.365. The molecule has 1 aromatic carbocycles. The number of H-pyrrole nitrogens is 1. The van der Waals surface area contributed by atoms with Gasteiger partial charge < -0.3 is 18.9 Å². The standard InChI is InChI=1S/C19H18N2O6S/c1-3-26-18(24)17-13(12-6-4-5-7-14(12)27-17)10-28-19-20-11(8-15(22)21-19)9-16(23)25-2/h4-8H,3,9-10H2,1-2H3,(H,20,21,22). The first-order chi connectivity index (χ1) is 13.5. The zero-order chi connectivity index (χ0) is 20.1. The van der Waals surface area contributed by atoms with Crippen LogP contribution in [-0.4, -0.2) is 35.6 Å². The number of fused-ring (bicyclic) bond motifs is 1. The third-order valence-corrected chi connectivity index (χ3v) is 4.74. The molecule has 0 saturated heterocycles. The summed E-state index contributed by atoms with van der Waals surface area (Å²) in [5.74, 6) is -0.589. The van der Waals surface area contributed by atoms with Crippen LogP contribution >= 0.6 is 11.8 Å². The van der Waals surface area contributed by atoms with E-state index in [0.717, 1.165) is 5.39 Å². The highest BCUT2D eigenvalue weighted by atomic mass is 32.2. The van der Waals surface area contributed by atoms with E-state index in [9.17, 15) is 14.4 Å². The van der Waals surface area contributed by atoms with Crippen molar-refractivity contribution < 1.29 is 23.5 Å². The molecular weight excluding hydrogens is 384 g/mol. The van der Waals surface area contributed by atoms with Crippen molar-refractivity contribution >= 4 is 34.7 Å². The number of carbonyl (C=O) groups is 2. The molecule has 8 nitrogen and oxygen atoms in total. The number of hydrogen-bond acceptors (Lipinski definition) is 8. The number of hydrogen-bond donors (Lipinski definition) is 1. The van der Waals surface area contributed by atoms with Crippen LogP contribution in [0.5, 0.6) is 0 Å². The molecule has 0 fully saturated rings. The summed E-state index contributed by atoms with van der Waals surface area (Å²) in [5, 5.41) is 1.11. The second-order valence-electron chi connectivity index (χ2n) is 5.71. The van der Waals surface area contributed by atoms with Crippen molar-refractivity contribution in [3.63, 3.8) is 0 Å². The van der Waals surface area contributed by atoms with Crippen LogP contribution in [0.1, 0.15) is 28.7 Å². The molecule has 2 aromatic heterocycles. The van der Waals surface area contributed by atoms with Crippen LogP contribution < -0.4 is 5.56 Å². The van der Waals surface area contributed by atoms with E-state index in [4.69, 9.17) is 9.15 Å². The Bertz CT molecular complexity index is 1070. The fraction of sp³-hybridized carbons (Fsp3) is 0.263. The van der Waals surface area contributed by atoms with Crippen LogP contribution in [0.3, 0.4) is 0 Å². The fourth-order valence-corrected chi connectivity index (χ4v) is 3.53. The zero-order valence-electron chi connectivity index (χ0n) is 15.3. The average Bonchev–Trinajstić information content (AvgIpc) is 3.05. The fourth-order valence-electron chi connectivity index (χ4n) is 2.61. The summed E-state index contributed by atoms with van der Waals surface area (Å²) in [6.45, 7) is 1.95. The minimum Gasteiger partial charge on any atom is -0.469 e. The molecule has 0 unspecified atom stereocenters. The number of aromatic nitrogens is 2. The monoisotopic (exact) mass is 402 g/mol. The van der Waals surface area contributed by atoms with Crippen LogP contribution in [-0.2, 0) is 26.4 Å². The minimum atomic E-state index is -0.546. The lowest BCUT2D eigenvalue weighted by Crippen LogP contribution is -2.14. The van der Waals surface area contributed by atoms with Gasteiger partial charge in [0.05, 0.1) is 25.8 Å². The molecule has 0 aliphatic heterocycles. The van der Waals surface area contributed by atoms with Crippen LogP contribution in [0.15, 0.2) is 44.7 Å². The molecule has 0 aliphatic carbocycles. The first-order valence-electron chi connectivity index (χ1n) is 8.49. The largest absolute Gasteiger partial charge is 0.469 e. The van der Waals surface area contributed by atoms with Crippen LogP contribution in [0.25, 0.3) is 11.0 Å². The third kappa shape index (κ3) is 4.42. The minimum absolute atomic E-state index is 0.100. The number of thioether (sulfide) groups is 1. The molecule has 1 N–H and O–H groups in total. The van der Waals surface area contributed by atoms with E-state index in [1.54, 1.807) is 13.0 Å². The molecule has 146 valence electrons. The lowest BCUT2D eigenvalue weighted by Gasteiger charge is -2.05. The molecule has 0 spiro atoms. The van der Waals surface area contributed by atoms with Gasteiger partial charge in [-0.2, -0.15) is 0 Å². The van der Waals surface area contributed by atoms with Gasteiger partial charge in [0.1, 0.15) is 5.58 Å². The van der Waals surface area contributed by atoms with Crippen LogP contribution in [0, 0.1) is 0 Å². The Balaban J connectivity index is 1.89. The van der Waals surface area contributed by atoms with Crippen LogP contribution in [0.4, 0.5) is 0 Å². The topological polar surface area (TPSA) is 111 Å². The number of rotatable bonds is 7. The number of aromatic amines is 1. The summed E-state index contributed by atoms with van der Waals surface area (Å²) in [5.41, 5.74) is 1.15. The number of nitrogens with zero attached hydrogens (tertiary/aromatic N) is 1. The van der Waals surface area contributed by atoms with E-state index in [-0.39, 0.29) is 24.3 Å². The van der Waals surface area contributed by atoms with Crippen molar-refractivity contribution in [2.24, 2.45) is 0 Å². The number of methoxy groups -OCH3 is 1. The van der Waals surface area contributed by atoms with Gasteiger partial charge in [-0.3, -0.25) is 9.59 Å². The molecule has 3 aromatic rings. The molecule has 0 radical (unpaired) electrons. The SMILES string of the molecule is CCOC(=O)c1oc2ccccc2c1CSc1nc(CC(=O)OC)cc(=O)[nH]1. The van der Waals surface area contributed by atoms with E-state index in [1.165, 1.54) is 24.9 Å². The highest BCUT2D eigenvalue weighted by molar-refractivity contribution is 7.98. The first kappa shape index (κ1) is 19.7. The van der Waals surface area contributed by atoms with Crippen molar-refractivity contribution in [1.29, 1.82) is 0 Å². The third-order valence-electron chi connectivity index (χ3n) is 3.84. The number of benzene rings is 1. The van der Waals surface area contributed by atoms with Crippen LogP contribution in [0.2, 0.25) is 0 Å². The Hall–Kier alpha value is -3.07. The number of carbonyl (C=O) groups excluding carboxylic acids is 2. The maximum Gasteiger partial charge on any atom is 0.374 e. The zero-order valence-corrected chi connectivity index (χ0v) is 16.1. The molecule has 0 bridgehead atoms. The Labute approximate surface area is 164 Å². The van der Waals surface area contributed by atoms with Gasteiger partial charge >= 0.3 is 11.9 Å². The average molecular weight is 402 g/mol. The summed E-state index contributed by atoms with van der Waals surface area (Å²) < 4.78 is 15.4.